The third-order valence-electron chi connectivity index (χ3n) is 4.62. The van der Waals surface area contributed by atoms with Gasteiger partial charge >= 0.3 is 0 Å². The van der Waals surface area contributed by atoms with E-state index in [2.05, 4.69) is 57.3 Å². The molecule has 1 aromatic rings. The van der Waals surface area contributed by atoms with Crippen molar-refractivity contribution >= 4 is 0 Å². The smallest absolute Gasteiger partial charge is 0.00830 e. The van der Waals surface area contributed by atoms with Crippen LogP contribution in [0.2, 0.25) is 0 Å². The lowest BCUT2D eigenvalue weighted by molar-refractivity contribution is 0.133. The number of aryl methyl sites for hydroxylation is 1. The molecule has 0 aromatic heterocycles. The minimum Gasteiger partial charge on any atom is -0.316 e. The first-order valence-electron chi connectivity index (χ1n) is 7.83. The molecule has 1 fully saturated rings. The quantitative estimate of drug-likeness (QED) is 0.803. The van der Waals surface area contributed by atoms with E-state index in [-0.39, 0.29) is 0 Å². The summed E-state index contributed by atoms with van der Waals surface area (Å²) in [5.74, 6) is 1.67. The van der Waals surface area contributed by atoms with Crippen LogP contribution in [0.25, 0.3) is 0 Å². The van der Waals surface area contributed by atoms with Crippen molar-refractivity contribution in [1.82, 2.24) is 5.32 Å². The second kappa shape index (κ2) is 6.09. The van der Waals surface area contributed by atoms with Crippen molar-refractivity contribution in [3.8, 4) is 0 Å². The van der Waals surface area contributed by atoms with E-state index in [0.29, 0.717) is 5.41 Å². The molecule has 1 heteroatoms. The highest BCUT2D eigenvalue weighted by molar-refractivity contribution is 5.32. The predicted octanol–water partition coefficient (Wildman–Crippen LogP) is 4.30. The molecule has 0 aliphatic heterocycles. The van der Waals surface area contributed by atoms with Gasteiger partial charge in [0.15, 0.2) is 0 Å². The monoisotopic (exact) mass is 259 g/mol. The molecule has 0 saturated heterocycles. The average Bonchev–Trinajstić information content (AvgIpc) is 2.33. The summed E-state index contributed by atoms with van der Waals surface area (Å²) in [4.78, 5) is 0. The Bertz CT molecular complexity index is 385. The molecule has 0 bridgehead atoms. The highest BCUT2D eigenvalue weighted by atomic mass is 14.9. The lowest BCUT2D eigenvalue weighted by Crippen LogP contribution is -2.49. The van der Waals surface area contributed by atoms with E-state index in [4.69, 9.17) is 0 Å². The second-order valence-electron chi connectivity index (χ2n) is 6.85. The van der Waals surface area contributed by atoms with Crippen LogP contribution in [0.3, 0.4) is 0 Å². The third-order valence-corrected chi connectivity index (χ3v) is 4.62. The Balaban J connectivity index is 2.05. The van der Waals surface area contributed by atoms with Crippen molar-refractivity contribution in [1.29, 1.82) is 0 Å². The van der Waals surface area contributed by atoms with Crippen LogP contribution in [-0.2, 0) is 5.41 Å². The predicted molar refractivity (Wildman–Crippen MR) is 83.6 cm³/mol. The standard InChI is InChI=1S/C18H29N/c1-5-16-10-18(11-16,13-19-12-14(2)3)17-8-6-15(4)7-9-17/h6-9,14,16,19H,5,10-13H2,1-4H3. The van der Waals surface area contributed by atoms with Crippen molar-refractivity contribution in [2.45, 2.75) is 52.4 Å². The Hall–Kier alpha value is -0.820. The summed E-state index contributed by atoms with van der Waals surface area (Å²) in [6.45, 7) is 11.3. The van der Waals surface area contributed by atoms with Crippen LogP contribution in [0, 0.1) is 18.8 Å². The van der Waals surface area contributed by atoms with Gasteiger partial charge in [0.25, 0.3) is 0 Å². The van der Waals surface area contributed by atoms with E-state index in [9.17, 15) is 0 Å². The van der Waals surface area contributed by atoms with Crippen LogP contribution in [0.15, 0.2) is 24.3 Å². The van der Waals surface area contributed by atoms with Crippen molar-refractivity contribution in [2.24, 2.45) is 11.8 Å². The molecule has 1 saturated carbocycles. The normalized spacial score (nSPS) is 26.5. The van der Waals surface area contributed by atoms with Gasteiger partial charge in [-0.3, -0.25) is 0 Å². The van der Waals surface area contributed by atoms with Crippen LogP contribution in [0.5, 0.6) is 0 Å². The number of hydrogen-bond donors (Lipinski definition) is 1. The molecule has 1 aliphatic carbocycles. The van der Waals surface area contributed by atoms with Crippen molar-refractivity contribution in [2.75, 3.05) is 13.1 Å². The fourth-order valence-corrected chi connectivity index (χ4v) is 3.32. The van der Waals surface area contributed by atoms with Gasteiger partial charge in [-0.1, -0.05) is 57.0 Å². The van der Waals surface area contributed by atoms with Crippen LogP contribution in [0.4, 0.5) is 0 Å². The first kappa shape index (κ1) is 14.6. The SMILES string of the molecule is CCC1CC(CNCC(C)C)(c2ccc(C)cc2)C1. The maximum atomic E-state index is 3.69. The number of benzene rings is 1. The summed E-state index contributed by atoms with van der Waals surface area (Å²) in [6, 6.07) is 9.22. The van der Waals surface area contributed by atoms with E-state index in [0.717, 1.165) is 24.9 Å². The maximum Gasteiger partial charge on any atom is 0.00830 e. The fraction of sp³-hybridized carbons (Fsp3) is 0.667. The van der Waals surface area contributed by atoms with Gasteiger partial charge in [-0.25, -0.2) is 0 Å². The lowest BCUT2D eigenvalue weighted by atomic mass is 9.58. The fourth-order valence-electron chi connectivity index (χ4n) is 3.32. The second-order valence-corrected chi connectivity index (χ2v) is 6.85. The lowest BCUT2D eigenvalue weighted by Gasteiger charge is -2.48. The Kier molecular flexibility index (Phi) is 4.67. The minimum atomic E-state index is 0.406. The van der Waals surface area contributed by atoms with E-state index in [1.165, 1.54) is 24.8 Å². The van der Waals surface area contributed by atoms with Crippen molar-refractivity contribution < 1.29 is 0 Å². The summed E-state index contributed by atoms with van der Waals surface area (Å²) in [6.07, 6.45) is 4.05. The van der Waals surface area contributed by atoms with E-state index in [1.54, 1.807) is 5.56 Å². The van der Waals surface area contributed by atoms with Crippen molar-refractivity contribution in [3.63, 3.8) is 0 Å². The zero-order chi connectivity index (χ0) is 13.9. The Morgan fingerprint density at radius 3 is 2.37 bits per heavy atom. The summed E-state index contributed by atoms with van der Waals surface area (Å²) in [7, 11) is 0. The van der Waals surface area contributed by atoms with Gasteiger partial charge in [0.2, 0.25) is 0 Å². The highest BCUT2D eigenvalue weighted by Crippen LogP contribution is 2.48. The summed E-state index contributed by atoms with van der Waals surface area (Å²) < 4.78 is 0. The molecule has 0 heterocycles. The molecule has 0 atom stereocenters. The molecule has 2 rings (SSSR count). The number of nitrogens with one attached hydrogen (secondary N) is 1. The Morgan fingerprint density at radius 2 is 1.84 bits per heavy atom. The van der Waals surface area contributed by atoms with Crippen LogP contribution in [0.1, 0.15) is 51.2 Å². The number of hydrogen-bond acceptors (Lipinski definition) is 1. The topological polar surface area (TPSA) is 12.0 Å². The molecule has 106 valence electrons. The molecule has 1 aromatic carbocycles. The molecule has 0 radical (unpaired) electrons. The molecule has 1 nitrogen and oxygen atoms in total. The summed E-state index contributed by atoms with van der Waals surface area (Å²) in [5, 5.41) is 3.69. The maximum absolute atomic E-state index is 3.69. The molecule has 1 N–H and O–H groups in total. The van der Waals surface area contributed by atoms with Crippen LogP contribution in [-0.4, -0.2) is 13.1 Å². The number of rotatable bonds is 6. The van der Waals surface area contributed by atoms with Gasteiger partial charge in [-0.15, -0.1) is 0 Å². The van der Waals surface area contributed by atoms with Gasteiger partial charge in [0.05, 0.1) is 0 Å². The molecule has 1 aliphatic rings. The van der Waals surface area contributed by atoms with Gasteiger partial charge < -0.3 is 5.32 Å². The molecular formula is C18H29N. The third kappa shape index (κ3) is 3.39. The molecule has 0 unspecified atom stereocenters. The molecule has 0 amide bonds. The zero-order valence-electron chi connectivity index (χ0n) is 13.0. The largest absolute Gasteiger partial charge is 0.316 e. The van der Waals surface area contributed by atoms with Crippen molar-refractivity contribution in [3.05, 3.63) is 35.4 Å². The summed E-state index contributed by atoms with van der Waals surface area (Å²) in [5.41, 5.74) is 3.31. The molecule has 0 spiro atoms. The summed E-state index contributed by atoms with van der Waals surface area (Å²) >= 11 is 0. The zero-order valence-corrected chi connectivity index (χ0v) is 13.0. The van der Waals surface area contributed by atoms with Gasteiger partial charge in [0, 0.05) is 12.0 Å². The van der Waals surface area contributed by atoms with Gasteiger partial charge in [-0.05, 0) is 43.7 Å². The first-order valence-corrected chi connectivity index (χ1v) is 7.83. The molecular weight excluding hydrogens is 230 g/mol. The van der Waals surface area contributed by atoms with E-state index in [1.807, 2.05) is 0 Å². The minimum absolute atomic E-state index is 0.406. The highest BCUT2D eigenvalue weighted by Gasteiger charge is 2.43. The van der Waals surface area contributed by atoms with Gasteiger partial charge in [-0.2, -0.15) is 0 Å². The Labute approximate surface area is 118 Å². The average molecular weight is 259 g/mol. The van der Waals surface area contributed by atoms with Gasteiger partial charge in [0.1, 0.15) is 0 Å². The Morgan fingerprint density at radius 1 is 1.21 bits per heavy atom. The van der Waals surface area contributed by atoms with Crippen LogP contribution < -0.4 is 5.32 Å². The van der Waals surface area contributed by atoms with E-state index < -0.39 is 0 Å². The van der Waals surface area contributed by atoms with E-state index >= 15 is 0 Å². The first-order chi connectivity index (χ1) is 9.05. The van der Waals surface area contributed by atoms with Crippen LogP contribution >= 0.6 is 0 Å². The molecule has 19 heavy (non-hydrogen) atoms.